The van der Waals surface area contributed by atoms with Crippen LogP contribution in [0.1, 0.15) is 10.4 Å². The first-order chi connectivity index (χ1) is 10.0. The lowest BCUT2D eigenvalue weighted by atomic mass is 10.2. The van der Waals surface area contributed by atoms with Gasteiger partial charge in [0.2, 0.25) is 0 Å². The molecule has 2 rings (SSSR count). The van der Waals surface area contributed by atoms with Gasteiger partial charge < -0.3 is 4.74 Å². The summed E-state index contributed by atoms with van der Waals surface area (Å²) in [6, 6.07) is 9.71. The largest absolute Gasteiger partial charge is 0.497 e. The van der Waals surface area contributed by atoms with Crippen LogP contribution in [0.2, 0.25) is 15.1 Å². The van der Waals surface area contributed by atoms with Crippen molar-refractivity contribution < 1.29 is 9.53 Å². The molecule has 0 aliphatic carbocycles. The van der Waals surface area contributed by atoms with Gasteiger partial charge >= 0.3 is 0 Å². The lowest BCUT2D eigenvalue weighted by Crippen LogP contribution is -2.29. The number of carbonyl (C=O) groups is 1. The van der Waals surface area contributed by atoms with Crippen molar-refractivity contribution in [2.75, 3.05) is 12.5 Å². The number of halogens is 3. The van der Waals surface area contributed by atoms with E-state index in [0.29, 0.717) is 32.1 Å². The number of methoxy groups -OCH3 is 1. The third-order valence-electron chi connectivity index (χ3n) is 2.66. The van der Waals surface area contributed by atoms with Gasteiger partial charge in [-0.15, -0.1) is 0 Å². The number of hydrazine groups is 1. The Bertz CT molecular complexity index is 637. The third kappa shape index (κ3) is 3.94. The van der Waals surface area contributed by atoms with Crippen molar-refractivity contribution in [3.8, 4) is 5.75 Å². The fourth-order valence-electron chi connectivity index (χ4n) is 1.60. The van der Waals surface area contributed by atoms with Crippen molar-refractivity contribution >= 4 is 46.4 Å². The zero-order chi connectivity index (χ0) is 15.4. The van der Waals surface area contributed by atoms with Crippen LogP contribution in [0.25, 0.3) is 0 Å². The fraction of sp³-hybridized carbons (Fsp3) is 0.0714. The quantitative estimate of drug-likeness (QED) is 0.807. The van der Waals surface area contributed by atoms with Crippen LogP contribution in [-0.2, 0) is 0 Å². The molecule has 0 saturated heterocycles. The van der Waals surface area contributed by atoms with Crippen molar-refractivity contribution in [1.82, 2.24) is 5.43 Å². The van der Waals surface area contributed by atoms with E-state index in [1.54, 1.807) is 31.4 Å². The van der Waals surface area contributed by atoms with Crippen LogP contribution in [0, 0.1) is 0 Å². The zero-order valence-corrected chi connectivity index (χ0v) is 13.2. The zero-order valence-electron chi connectivity index (χ0n) is 10.9. The van der Waals surface area contributed by atoms with Gasteiger partial charge in [-0.2, -0.15) is 0 Å². The molecule has 0 unspecified atom stereocenters. The minimum Gasteiger partial charge on any atom is -0.497 e. The summed E-state index contributed by atoms with van der Waals surface area (Å²) >= 11 is 17.8. The second kappa shape index (κ2) is 6.89. The molecule has 2 aromatic carbocycles. The standard InChI is InChI=1S/C14H11Cl3N2O2/c1-21-10-4-2-8(3-5-10)14(20)19-18-13-11(16)6-9(15)7-12(13)17/h2-7,18H,1H3,(H,19,20). The van der Waals surface area contributed by atoms with Gasteiger partial charge in [0.15, 0.2) is 0 Å². The summed E-state index contributed by atoms with van der Waals surface area (Å²) in [5.41, 5.74) is 6.04. The van der Waals surface area contributed by atoms with E-state index >= 15 is 0 Å². The van der Waals surface area contributed by atoms with Gasteiger partial charge in [-0.25, -0.2) is 0 Å². The first-order valence-corrected chi connectivity index (χ1v) is 6.99. The fourth-order valence-corrected chi connectivity index (χ4v) is 2.51. The van der Waals surface area contributed by atoms with Crippen molar-refractivity contribution in [3.63, 3.8) is 0 Å². The molecule has 0 spiro atoms. The number of amides is 1. The Morgan fingerprint density at radius 2 is 1.62 bits per heavy atom. The summed E-state index contributed by atoms with van der Waals surface area (Å²) in [7, 11) is 1.56. The molecule has 2 N–H and O–H groups in total. The summed E-state index contributed by atoms with van der Waals surface area (Å²) in [5.74, 6) is 0.336. The van der Waals surface area contributed by atoms with Gasteiger partial charge in [0.25, 0.3) is 5.91 Å². The van der Waals surface area contributed by atoms with Crippen molar-refractivity contribution in [1.29, 1.82) is 0 Å². The highest BCUT2D eigenvalue weighted by atomic mass is 35.5. The molecule has 0 radical (unpaired) electrons. The average molecular weight is 346 g/mol. The Kier molecular flexibility index (Phi) is 5.17. The van der Waals surface area contributed by atoms with E-state index in [9.17, 15) is 4.79 Å². The molecule has 0 heterocycles. The Labute approximate surface area is 136 Å². The van der Waals surface area contributed by atoms with E-state index in [2.05, 4.69) is 10.9 Å². The van der Waals surface area contributed by atoms with Crippen molar-refractivity contribution in [2.45, 2.75) is 0 Å². The van der Waals surface area contributed by atoms with Crippen LogP contribution in [0.3, 0.4) is 0 Å². The summed E-state index contributed by atoms with van der Waals surface area (Å²) in [6.45, 7) is 0. The average Bonchev–Trinajstić information content (AvgIpc) is 2.46. The van der Waals surface area contributed by atoms with E-state index in [1.165, 1.54) is 12.1 Å². The predicted octanol–water partition coefficient (Wildman–Crippen LogP) is 4.41. The summed E-state index contributed by atoms with van der Waals surface area (Å²) in [5, 5.41) is 1.03. The lowest BCUT2D eigenvalue weighted by molar-refractivity contribution is 0.0962. The van der Waals surface area contributed by atoms with E-state index in [-0.39, 0.29) is 5.91 Å². The number of ether oxygens (including phenoxy) is 1. The number of rotatable bonds is 4. The Hall–Kier alpha value is -1.62. The van der Waals surface area contributed by atoms with Gasteiger partial charge in [-0.1, -0.05) is 34.8 Å². The first kappa shape index (κ1) is 15.8. The van der Waals surface area contributed by atoms with Gasteiger partial charge in [0.05, 0.1) is 22.8 Å². The molecule has 0 aliphatic rings. The molecule has 1 amide bonds. The number of anilines is 1. The molecule has 4 nitrogen and oxygen atoms in total. The molecular weight excluding hydrogens is 335 g/mol. The number of carbonyl (C=O) groups excluding carboxylic acids is 1. The Balaban J connectivity index is 2.07. The topological polar surface area (TPSA) is 50.4 Å². The second-order valence-electron chi connectivity index (χ2n) is 4.05. The lowest BCUT2D eigenvalue weighted by Gasteiger charge is -2.12. The van der Waals surface area contributed by atoms with Crippen LogP contribution in [0.15, 0.2) is 36.4 Å². The maximum absolute atomic E-state index is 12.0. The molecule has 0 aliphatic heterocycles. The second-order valence-corrected chi connectivity index (χ2v) is 5.30. The van der Waals surface area contributed by atoms with Crippen LogP contribution >= 0.6 is 34.8 Å². The molecule has 0 fully saturated rings. The normalized spacial score (nSPS) is 10.1. The van der Waals surface area contributed by atoms with E-state index < -0.39 is 0 Å². The summed E-state index contributed by atoms with van der Waals surface area (Å²) in [4.78, 5) is 12.0. The van der Waals surface area contributed by atoms with Crippen LogP contribution < -0.4 is 15.6 Å². The SMILES string of the molecule is COc1ccc(C(=O)NNc2c(Cl)cc(Cl)cc2Cl)cc1. The summed E-state index contributed by atoms with van der Waals surface area (Å²) in [6.07, 6.45) is 0. The van der Waals surface area contributed by atoms with E-state index in [4.69, 9.17) is 39.5 Å². The molecule has 2 aromatic rings. The van der Waals surface area contributed by atoms with Crippen LogP contribution in [0.4, 0.5) is 5.69 Å². The highest BCUT2D eigenvalue weighted by Crippen LogP contribution is 2.33. The molecule has 21 heavy (non-hydrogen) atoms. The molecule has 0 saturated carbocycles. The maximum atomic E-state index is 12.0. The Morgan fingerprint density at radius 3 is 2.14 bits per heavy atom. The number of hydrogen-bond donors (Lipinski definition) is 2. The molecule has 110 valence electrons. The molecule has 0 aromatic heterocycles. The van der Waals surface area contributed by atoms with E-state index in [0.717, 1.165) is 0 Å². The van der Waals surface area contributed by atoms with Crippen molar-refractivity contribution in [3.05, 3.63) is 57.0 Å². The highest BCUT2D eigenvalue weighted by molar-refractivity contribution is 6.41. The molecular formula is C14H11Cl3N2O2. The summed E-state index contributed by atoms with van der Waals surface area (Å²) < 4.78 is 5.03. The van der Waals surface area contributed by atoms with Gasteiger partial charge in [0, 0.05) is 10.6 Å². The van der Waals surface area contributed by atoms with E-state index in [1.807, 2.05) is 0 Å². The van der Waals surface area contributed by atoms with Crippen molar-refractivity contribution in [2.24, 2.45) is 0 Å². The predicted molar refractivity (Wildman–Crippen MR) is 85.6 cm³/mol. The number of benzene rings is 2. The molecule has 0 bridgehead atoms. The smallest absolute Gasteiger partial charge is 0.269 e. The monoisotopic (exact) mass is 344 g/mol. The highest BCUT2D eigenvalue weighted by Gasteiger charge is 2.10. The molecule has 0 atom stereocenters. The third-order valence-corrected chi connectivity index (χ3v) is 3.47. The van der Waals surface area contributed by atoms with Crippen LogP contribution in [0.5, 0.6) is 5.75 Å². The molecule has 7 heteroatoms. The van der Waals surface area contributed by atoms with Gasteiger partial charge in [-0.05, 0) is 36.4 Å². The minimum atomic E-state index is -0.334. The first-order valence-electron chi connectivity index (χ1n) is 5.86. The maximum Gasteiger partial charge on any atom is 0.269 e. The minimum absolute atomic E-state index is 0.308. The van der Waals surface area contributed by atoms with Gasteiger partial charge in [-0.3, -0.25) is 15.6 Å². The number of nitrogens with one attached hydrogen (secondary N) is 2. The Morgan fingerprint density at radius 1 is 1.05 bits per heavy atom. The number of hydrogen-bond acceptors (Lipinski definition) is 3. The van der Waals surface area contributed by atoms with Crippen LogP contribution in [-0.4, -0.2) is 13.0 Å². The van der Waals surface area contributed by atoms with Gasteiger partial charge in [0.1, 0.15) is 5.75 Å².